The Balaban J connectivity index is 1.99. The fourth-order valence-corrected chi connectivity index (χ4v) is 3.46. The van der Waals surface area contributed by atoms with Gasteiger partial charge in [0.25, 0.3) is 0 Å². The summed E-state index contributed by atoms with van der Waals surface area (Å²) < 4.78 is 37.7. The molecule has 2 aliphatic rings. The number of hydrogen-bond acceptors (Lipinski definition) is 2. The molecule has 2 unspecified atom stereocenters. The van der Waals surface area contributed by atoms with E-state index in [-0.39, 0.29) is 10.00 Å². The van der Waals surface area contributed by atoms with Gasteiger partial charge in [-0.05, 0) is 29.8 Å². The molecule has 2 N–H and O–H groups in total. The van der Waals surface area contributed by atoms with Crippen molar-refractivity contribution in [2.75, 3.05) is 0 Å². The van der Waals surface area contributed by atoms with E-state index in [1.165, 1.54) is 12.1 Å². The van der Waals surface area contributed by atoms with Crippen LogP contribution in [0.15, 0.2) is 48.2 Å². The van der Waals surface area contributed by atoms with E-state index in [4.69, 9.17) is 5.73 Å². The van der Waals surface area contributed by atoms with Crippen LogP contribution in [0, 0.1) is 0 Å². The second kappa shape index (κ2) is 3.57. The number of halogens is 3. The molecule has 1 aliphatic carbocycles. The van der Waals surface area contributed by atoms with Crippen LogP contribution >= 0.6 is 11.8 Å². The van der Waals surface area contributed by atoms with Gasteiger partial charge >= 0.3 is 6.18 Å². The molecule has 5 heteroatoms. The maximum absolute atomic E-state index is 12.7. The Labute approximate surface area is 107 Å². The van der Waals surface area contributed by atoms with Gasteiger partial charge in [-0.3, -0.25) is 0 Å². The zero-order valence-corrected chi connectivity index (χ0v) is 10.1. The molecule has 94 valence electrons. The molecule has 0 saturated carbocycles. The van der Waals surface area contributed by atoms with Gasteiger partial charge in [0.1, 0.15) is 0 Å². The van der Waals surface area contributed by atoms with Crippen LogP contribution in [-0.2, 0) is 10.9 Å². The van der Waals surface area contributed by atoms with E-state index in [0.29, 0.717) is 11.3 Å². The minimum Gasteiger partial charge on any atom is -0.399 e. The molecule has 0 bridgehead atoms. The number of fused-ring (bicyclic) bond motifs is 1. The van der Waals surface area contributed by atoms with Crippen LogP contribution in [-0.4, -0.2) is 5.25 Å². The van der Waals surface area contributed by atoms with Gasteiger partial charge in [0.2, 0.25) is 0 Å². The summed E-state index contributed by atoms with van der Waals surface area (Å²) in [5.41, 5.74) is 6.43. The summed E-state index contributed by atoms with van der Waals surface area (Å²) in [6.45, 7) is 0. The molecule has 1 aromatic rings. The van der Waals surface area contributed by atoms with Gasteiger partial charge < -0.3 is 5.73 Å². The van der Waals surface area contributed by atoms with Gasteiger partial charge in [-0.1, -0.05) is 18.2 Å². The number of alkyl halides is 3. The Kier molecular flexibility index (Phi) is 2.32. The number of benzene rings is 1. The van der Waals surface area contributed by atoms with Crippen molar-refractivity contribution in [2.24, 2.45) is 5.73 Å². The largest absolute Gasteiger partial charge is 0.416 e. The molecule has 0 amide bonds. The van der Waals surface area contributed by atoms with Crippen LogP contribution < -0.4 is 5.73 Å². The molecular weight excluding hydrogens is 259 g/mol. The lowest BCUT2D eigenvalue weighted by atomic mass is 9.90. The van der Waals surface area contributed by atoms with Crippen LogP contribution in [0.3, 0.4) is 0 Å². The standard InChI is InChI=1S/C13H10F3NS/c14-13(15,16)9-3-1-2-8(6-9)12-5-4-10(17)7-11(12)18-12/h1-7,11H,17H2. The third kappa shape index (κ3) is 1.73. The van der Waals surface area contributed by atoms with Crippen molar-refractivity contribution in [1.29, 1.82) is 0 Å². The first-order valence-electron chi connectivity index (χ1n) is 5.44. The van der Waals surface area contributed by atoms with Crippen molar-refractivity contribution < 1.29 is 13.2 Å². The van der Waals surface area contributed by atoms with Crippen LogP contribution in [0.2, 0.25) is 0 Å². The van der Waals surface area contributed by atoms with Crippen molar-refractivity contribution >= 4 is 11.8 Å². The quantitative estimate of drug-likeness (QED) is 0.790. The predicted octanol–water partition coefficient (Wildman–Crippen LogP) is 3.43. The fourth-order valence-electron chi connectivity index (χ4n) is 2.19. The third-order valence-electron chi connectivity index (χ3n) is 3.20. The Morgan fingerprint density at radius 3 is 2.72 bits per heavy atom. The summed E-state index contributed by atoms with van der Waals surface area (Å²) >= 11 is 1.61. The van der Waals surface area contributed by atoms with E-state index in [9.17, 15) is 13.2 Å². The molecule has 1 heterocycles. The van der Waals surface area contributed by atoms with Gasteiger partial charge in [0.15, 0.2) is 0 Å². The van der Waals surface area contributed by atoms with E-state index in [1.807, 2.05) is 12.2 Å². The van der Waals surface area contributed by atoms with Crippen LogP contribution in [0.5, 0.6) is 0 Å². The molecule has 1 aromatic carbocycles. The maximum Gasteiger partial charge on any atom is 0.416 e. The van der Waals surface area contributed by atoms with E-state index in [2.05, 4.69) is 0 Å². The first kappa shape index (κ1) is 11.7. The minimum atomic E-state index is -4.30. The molecule has 1 fully saturated rings. The molecule has 18 heavy (non-hydrogen) atoms. The maximum atomic E-state index is 12.7. The SMILES string of the molecule is NC1=CC2SC2(c2cccc(C(F)(F)F)c2)C=C1. The first-order valence-corrected chi connectivity index (χ1v) is 6.32. The highest BCUT2D eigenvalue weighted by molar-refractivity contribution is 8.08. The molecule has 1 nitrogen and oxygen atoms in total. The number of thioether (sulfide) groups is 1. The van der Waals surface area contributed by atoms with E-state index in [1.54, 1.807) is 23.9 Å². The third-order valence-corrected chi connectivity index (χ3v) is 4.72. The van der Waals surface area contributed by atoms with E-state index < -0.39 is 11.7 Å². The lowest BCUT2D eigenvalue weighted by Crippen LogP contribution is -2.15. The molecule has 3 rings (SSSR count). The minimum absolute atomic E-state index is 0.158. The van der Waals surface area contributed by atoms with Crippen LogP contribution in [0.1, 0.15) is 11.1 Å². The van der Waals surface area contributed by atoms with Crippen molar-refractivity contribution in [3.63, 3.8) is 0 Å². The second-order valence-corrected chi connectivity index (χ2v) is 5.83. The summed E-state index contributed by atoms with van der Waals surface area (Å²) in [4.78, 5) is 0. The Morgan fingerprint density at radius 2 is 2.06 bits per heavy atom. The highest BCUT2D eigenvalue weighted by Crippen LogP contribution is 2.64. The predicted molar refractivity (Wildman–Crippen MR) is 65.9 cm³/mol. The molecule has 1 saturated heterocycles. The lowest BCUT2D eigenvalue weighted by Gasteiger charge is -2.15. The van der Waals surface area contributed by atoms with Crippen LogP contribution in [0.25, 0.3) is 0 Å². The number of nitrogens with two attached hydrogens (primary N) is 1. The van der Waals surface area contributed by atoms with Gasteiger partial charge in [-0.15, -0.1) is 11.8 Å². The summed E-state index contributed by atoms with van der Waals surface area (Å²) in [6, 6.07) is 5.52. The number of rotatable bonds is 1. The highest BCUT2D eigenvalue weighted by Gasteiger charge is 2.55. The van der Waals surface area contributed by atoms with Crippen molar-refractivity contribution in [2.45, 2.75) is 16.2 Å². The molecule has 1 aliphatic heterocycles. The summed E-state index contributed by atoms with van der Waals surface area (Å²) in [5, 5.41) is 0.158. The average Bonchev–Trinajstić information content (AvgIpc) is 3.03. The van der Waals surface area contributed by atoms with Crippen molar-refractivity contribution in [3.05, 3.63) is 59.3 Å². The van der Waals surface area contributed by atoms with E-state index >= 15 is 0 Å². The first-order chi connectivity index (χ1) is 8.42. The Hall–Kier alpha value is -1.36. The Bertz CT molecular complexity index is 562. The number of allylic oxidation sites excluding steroid dienone is 1. The van der Waals surface area contributed by atoms with Crippen molar-refractivity contribution in [1.82, 2.24) is 0 Å². The van der Waals surface area contributed by atoms with Crippen LogP contribution in [0.4, 0.5) is 13.2 Å². The molecule has 0 spiro atoms. The summed E-state index contributed by atoms with van der Waals surface area (Å²) in [7, 11) is 0. The summed E-state index contributed by atoms with van der Waals surface area (Å²) in [6.07, 6.45) is 1.25. The lowest BCUT2D eigenvalue weighted by molar-refractivity contribution is -0.137. The van der Waals surface area contributed by atoms with Gasteiger partial charge in [0, 0.05) is 10.9 Å². The zero-order chi connectivity index (χ0) is 13.0. The highest BCUT2D eigenvalue weighted by atomic mass is 32.2. The summed E-state index contributed by atoms with van der Waals surface area (Å²) in [5.74, 6) is 0. The normalized spacial score (nSPS) is 29.7. The number of hydrogen-bond donors (Lipinski definition) is 1. The molecule has 2 atom stereocenters. The average molecular weight is 269 g/mol. The second-order valence-electron chi connectivity index (χ2n) is 4.41. The van der Waals surface area contributed by atoms with Gasteiger partial charge in [-0.2, -0.15) is 13.2 Å². The molecule has 0 radical (unpaired) electrons. The Morgan fingerprint density at radius 1 is 1.28 bits per heavy atom. The smallest absolute Gasteiger partial charge is 0.399 e. The van der Waals surface area contributed by atoms with Gasteiger partial charge in [-0.25, -0.2) is 0 Å². The zero-order valence-electron chi connectivity index (χ0n) is 9.24. The topological polar surface area (TPSA) is 26.0 Å². The van der Waals surface area contributed by atoms with Gasteiger partial charge in [0.05, 0.1) is 10.3 Å². The molecular formula is C13H10F3NS. The fraction of sp³-hybridized carbons (Fsp3) is 0.231. The van der Waals surface area contributed by atoms with Crippen molar-refractivity contribution in [3.8, 4) is 0 Å². The monoisotopic (exact) mass is 269 g/mol. The molecule has 0 aromatic heterocycles. The van der Waals surface area contributed by atoms with E-state index in [0.717, 1.165) is 6.07 Å².